The molecule has 0 spiro atoms. The van der Waals surface area contributed by atoms with E-state index in [1.54, 1.807) is 0 Å². The number of nitro groups is 1. The number of methoxy groups -OCH3 is 1. The molecule has 21 heavy (non-hydrogen) atoms. The third kappa shape index (κ3) is 3.25. The van der Waals surface area contributed by atoms with Crippen molar-refractivity contribution in [2.75, 3.05) is 19.0 Å². The van der Waals surface area contributed by atoms with Gasteiger partial charge in [0.1, 0.15) is 6.20 Å². The molecule has 0 bridgehead atoms. The number of esters is 1. The lowest BCUT2D eigenvalue weighted by atomic mass is 10.0. The molecule has 0 aliphatic heterocycles. The highest BCUT2D eigenvalue weighted by molar-refractivity contribution is 5.93. The Bertz CT molecular complexity index is 619. The number of aromatic nitrogens is 1. The minimum atomic E-state index is -0.669. The number of nitrogens with one attached hydrogen (secondary N) is 1. The van der Waals surface area contributed by atoms with Crippen molar-refractivity contribution in [3.63, 3.8) is 0 Å². The predicted octanol–water partition coefficient (Wildman–Crippen LogP) is 1.88. The molecule has 1 fully saturated rings. The van der Waals surface area contributed by atoms with E-state index < -0.39 is 10.9 Å². The molecule has 8 heteroatoms. The number of hydrogen-bond acceptors (Lipinski definition) is 7. The van der Waals surface area contributed by atoms with Crippen molar-refractivity contribution in [2.45, 2.75) is 19.3 Å². The topological polar surface area (TPSA) is 118 Å². The highest BCUT2D eigenvalue weighted by atomic mass is 16.6. The van der Waals surface area contributed by atoms with Crippen molar-refractivity contribution in [3.05, 3.63) is 28.1 Å². The third-order valence-electron chi connectivity index (χ3n) is 3.53. The summed E-state index contributed by atoms with van der Waals surface area (Å²) in [7, 11) is 1.22. The van der Waals surface area contributed by atoms with Crippen LogP contribution in [0.25, 0.3) is 0 Å². The zero-order valence-electron chi connectivity index (χ0n) is 11.5. The van der Waals surface area contributed by atoms with Crippen LogP contribution in [0.15, 0.2) is 12.3 Å². The zero-order valence-corrected chi connectivity index (χ0v) is 11.5. The van der Waals surface area contributed by atoms with Gasteiger partial charge in [-0.1, -0.05) is 0 Å². The van der Waals surface area contributed by atoms with Gasteiger partial charge in [-0.25, -0.2) is 9.78 Å². The van der Waals surface area contributed by atoms with E-state index in [9.17, 15) is 14.9 Å². The van der Waals surface area contributed by atoms with E-state index in [-0.39, 0.29) is 22.5 Å². The van der Waals surface area contributed by atoms with Crippen LogP contribution in [0.3, 0.4) is 0 Å². The van der Waals surface area contributed by atoms with E-state index in [4.69, 9.17) is 5.26 Å². The minimum absolute atomic E-state index is 0.00384. The van der Waals surface area contributed by atoms with Gasteiger partial charge in [-0.3, -0.25) is 10.1 Å². The van der Waals surface area contributed by atoms with Crippen LogP contribution in [0.1, 0.15) is 29.8 Å². The molecule has 8 nitrogen and oxygen atoms in total. The highest BCUT2D eigenvalue weighted by Crippen LogP contribution is 2.48. The van der Waals surface area contributed by atoms with Gasteiger partial charge < -0.3 is 10.1 Å². The molecule has 1 aromatic rings. The quantitative estimate of drug-likeness (QED) is 0.482. The summed E-state index contributed by atoms with van der Waals surface area (Å²) in [4.78, 5) is 25.6. The van der Waals surface area contributed by atoms with E-state index >= 15 is 0 Å². The summed E-state index contributed by atoms with van der Waals surface area (Å²) in [5, 5.41) is 22.6. The van der Waals surface area contributed by atoms with Gasteiger partial charge in [0, 0.05) is 24.4 Å². The Hall–Kier alpha value is -2.69. The molecular weight excluding hydrogens is 276 g/mol. The largest absolute Gasteiger partial charge is 0.464 e. The Labute approximate surface area is 120 Å². The number of pyridine rings is 1. The van der Waals surface area contributed by atoms with Crippen LogP contribution in [0.2, 0.25) is 0 Å². The van der Waals surface area contributed by atoms with E-state index in [1.807, 2.05) is 0 Å². The molecule has 1 heterocycles. The fourth-order valence-corrected chi connectivity index (χ4v) is 1.99. The van der Waals surface area contributed by atoms with Gasteiger partial charge in [-0.15, -0.1) is 0 Å². The van der Waals surface area contributed by atoms with Crippen LogP contribution in [-0.4, -0.2) is 29.5 Å². The van der Waals surface area contributed by atoms with E-state index in [1.165, 1.54) is 13.2 Å². The van der Waals surface area contributed by atoms with Gasteiger partial charge in [-0.2, -0.15) is 5.26 Å². The normalized spacial score (nSPS) is 14.9. The van der Waals surface area contributed by atoms with Crippen molar-refractivity contribution in [3.8, 4) is 6.07 Å². The summed E-state index contributed by atoms with van der Waals surface area (Å²) in [5.74, 6) is -0.669. The van der Waals surface area contributed by atoms with Crippen molar-refractivity contribution in [1.29, 1.82) is 5.26 Å². The molecule has 2 rings (SSSR count). The number of rotatable bonds is 6. The lowest BCUT2D eigenvalue weighted by Crippen LogP contribution is -2.18. The minimum Gasteiger partial charge on any atom is -0.464 e. The third-order valence-corrected chi connectivity index (χ3v) is 3.53. The molecule has 1 aliphatic carbocycles. The van der Waals surface area contributed by atoms with Crippen LogP contribution in [0.4, 0.5) is 11.4 Å². The van der Waals surface area contributed by atoms with Crippen LogP contribution in [0.5, 0.6) is 0 Å². The van der Waals surface area contributed by atoms with Crippen LogP contribution < -0.4 is 5.32 Å². The number of hydrogen-bond donors (Lipinski definition) is 1. The van der Waals surface area contributed by atoms with Gasteiger partial charge in [0.15, 0.2) is 5.69 Å². The Kier molecular flexibility index (Phi) is 4.03. The summed E-state index contributed by atoms with van der Waals surface area (Å²) in [6.45, 7) is 0.466. The zero-order chi connectivity index (χ0) is 15.5. The standard InChI is InChI=1S/C13H14N4O4/c1-21-12(18)11-10(6-9(7-15-11)17(19)20)16-8-13(2-3-13)4-5-14/h6-7,16H,2-4,8H2,1H3. The van der Waals surface area contributed by atoms with Crippen molar-refractivity contribution in [1.82, 2.24) is 4.98 Å². The summed E-state index contributed by atoms with van der Waals surface area (Å²) in [5.41, 5.74) is -0.0707. The second-order valence-electron chi connectivity index (χ2n) is 5.03. The second kappa shape index (κ2) is 5.75. The monoisotopic (exact) mass is 290 g/mol. The maximum Gasteiger partial charge on any atom is 0.358 e. The average molecular weight is 290 g/mol. The summed E-state index contributed by atoms with van der Waals surface area (Å²) in [6.07, 6.45) is 3.27. The second-order valence-corrected chi connectivity index (χ2v) is 5.03. The first-order valence-electron chi connectivity index (χ1n) is 6.35. The molecule has 0 aromatic carbocycles. The van der Waals surface area contributed by atoms with Crippen LogP contribution in [0, 0.1) is 26.9 Å². The van der Waals surface area contributed by atoms with Gasteiger partial charge in [0.25, 0.3) is 5.69 Å². The van der Waals surface area contributed by atoms with Crippen molar-refractivity contribution < 1.29 is 14.5 Å². The van der Waals surface area contributed by atoms with E-state index in [0.29, 0.717) is 13.0 Å². The first-order valence-corrected chi connectivity index (χ1v) is 6.35. The predicted molar refractivity (Wildman–Crippen MR) is 72.6 cm³/mol. The summed E-state index contributed by atoms with van der Waals surface area (Å²) < 4.78 is 4.61. The Morgan fingerprint density at radius 2 is 2.38 bits per heavy atom. The fraction of sp³-hybridized carbons (Fsp3) is 0.462. The maximum absolute atomic E-state index is 11.6. The number of carbonyl (C=O) groups excluding carboxylic acids is 1. The molecule has 1 aliphatic rings. The van der Waals surface area contributed by atoms with E-state index in [0.717, 1.165) is 19.0 Å². The Morgan fingerprint density at radius 1 is 1.67 bits per heavy atom. The molecule has 1 aromatic heterocycles. The molecule has 0 radical (unpaired) electrons. The lowest BCUT2D eigenvalue weighted by molar-refractivity contribution is -0.385. The van der Waals surface area contributed by atoms with Crippen LogP contribution in [-0.2, 0) is 4.74 Å². The number of nitrogens with zero attached hydrogens (tertiary/aromatic N) is 3. The van der Waals surface area contributed by atoms with Crippen molar-refractivity contribution in [2.24, 2.45) is 5.41 Å². The number of carbonyl (C=O) groups is 1. The molecule has 0 unspecified atom stereocenters. The van der Waals surface area contributed by atoms with Crippen LogP contribution >= 0.6 is 0 Å². The van der Waals surface area contributed by atoms with Gasteiger partial charge >= 0.3 is 5.97 Å². The molecule has 110 valence electrons. The molecule has 0 saturated heterocycles. The first-order chi connectivity index (χ1) is 10.0. The van der Waals surface area contributed by atoms with Gasteiger partial charge in [-0.05, 0) is 12.8 Å². The van der Waals surface area contributed by atoms with Gasteiger partial charge in [0.05, 0.1) is 23.8 Å². The summed E-state index contributed by atoms with van der Waals surface area (Å²) in [6, 6.07) is 3.38. The average Bonchev–Trinajstić information content (AvgIpc) is 3.24. The Morgan fingerprint density at radius 3 is 2.90 bits per heavy atom. The number of nitriles is 1. The first kappa shape index (κ1) is 14.7. The fourth-order valence-electron chi connectivity index (χ4n) is 1.99. The molecule has 0 amide bonds. The molecule has 0 atom stereocenters. The highest BCUT2D eigenvalue weighted by Gasteiger charge is 2.42. The SMILES string of the molecule is COC(=O)c1ncc([N+](=O)[O-])cc1NCC1(CC#N)CC1. The lowest BCUT2D eigenvalue weighted by Gasteiger charge is -2.14. The summed E-state index contributed by atoms with van der Waals surface area (Å²) >= 11 is 0. The van der Waals surface area contributed by atoms with Gasteiger partial charge in [0.2, 0.25) is 0 Å². The van der Waals surface area contributed by atoms with E-state index in [2.05, 4.69) is 21.1 Å². The Balaban J connectivity index is 2.22. The number of anilines is 1. The van der Waals surface area contributed by atoms with Crippen molar-refractivity contribution >= 4 is 17.3 Å². The molecular formula is C13H14N4O4. The maximum atomic E-state index is 11.6. The molecule has 1 saturated carbocycles. The number of ether oxygens (including phenoxy) is 1. The molecule has 1 N–H and O–H groups in total. The smallest absolute Gasteiger partial charge is 0.358 e.